The van der Waals surface area contributed by atoms with E-state index in [-0.39, 0.29) is 12.6 Å². The third kappa shape index (κ3) is 2.89. The molecule has 0 bridgehead atoms. The second-order valence-corrected chi connectivity index (χ2v) is 4.48. The zero-order valence-electron chi connectivity index (χ0n) is 10.4. The Bertz CT molecular complexity index is 390. The number of rotatable bonds is 5. The first kappa shape index (κ1) is 13.1. The Morgan fingerprint density at radius 1 is 1.33 bits per heavy atom. The number of aliphatic hydroxyl groups is 1. The predicted molar refractivity (Wildman–Crippen MR) is 65.8 cm³/mol. The molecule has 4 nitrogen and oxygen atoms in total. The van der Waals surface area contributed by atoms with Crippen LogP contribution in [0.4, 0.5) is 0 Å². The van der Waals surface area contributed by atoms with E-state index in [0.29, 0.717) is 13.0 Å². The first-order valence-electron chi connectivity index (χ1n) is 6.22. The van der Waals surface area contributed by atoms with Crippen molar-refractivity contribution in [2.24, 2.45) is 5.92 Å². The number of carbonyl (C=O) groups is 1. The van der Waals surface area contributed by atoms with E-state index in [1.807, 2.05) is 37.3 Å². The molecule has 3 unspecified atom stereocenters. The predicted octanol–water partition coefficient (Wildman–Crippen LogP) is 1.52. The largest absolute Gasteiger partial charge is 0.457 e. The van der Waals surface area contributed by atoms with Crippen LogP contribution < -0.4 is 0 Å². The van der Waals surface area contributed by atoms with Crippen molar-refractivity contribution in [3.05, 3.63) is 35.9 Å². The van der Waals surface area contributed by atoms with Crippen LogP contribution >= 0.6 is 0 Å². The Hall–Kier alpha value is -1.39. The fourth-order valence-corrected chi connectivity index (χ4v) is 2.11. The Balaban J connectivity index is 1.79. The molecule has 0 spiro atoms. The minimum Gasteiger partial charge on any atom is -0.457 e. The van der Waals surface area contributed by atoms with Gasteiger partial charge in [-0.05, 0) is 12.0 Å². The number of esters is 1. The molecule has 3 atom stereocenters. The molecule has 1 aromatic carbocycles. The lowest BCUT2D eigenvalue weighted by atomic mass is 9.99. The van der Waals surface area contributed by atoms with Crippen molar-refractivity contribution in [2.75, 3.05) is 6.61 Å². The molecule has 4 heteroatoms. The summed E-state index contributed by atoms with van der Waals surface area (Å²) in [7, 11) is 0. The summed E-state index contributed by atoms with van der Waals surface area (Å²) in [4.78, 5) is 11.4. The zero-order valence-corrected chi connectivity index (χ0v) is 10.4. The van der Waals surface area contributed by atoms with Gasteiger partial charge in [0, 0.05) is 0 Å². The van der Waals surface area contributed by atoms with Gasteiger partial charge < -0.3 is 14.6 Å². The molecule has 1 saturated heterocycles. The first-order valence-corrected chi connectivity index (χ1v) is 6.22. The molecule has 0 radical (unpaired) electrons. The van der Waals surface area contributed by atoms with Crippen molar-refractivity contribution in [3.63, 3.8) is 0 Å². The Morgan fingerprint density at radius 3 is 2.67 bits per heavy atom. The van der Waals surface area contributed by atoms with E-state index in [1.165, 1.54) is 0 Å². The van der Waals surface area contributed by atoms with Crippen LogP contribution in [0, 0.1) is 5.92 Å². The molecule has 1 aromatic rings. The normalized spacial score (nSPS) is 27.2. The average Bonchev–Trinajstić information content (AvgIpc) is 2.65. The van der Waals surface area contributed by atoms with Crippen LogP contribution in [0.1, 0.15) is 18.9 Å². The monoisotopic (exact) mass is 250 g/mol. The smallest absolute Gasteiger partial charge is 0.312 e. The van der Waals surface area contributed by atoms with Gasteiger partial charge in [0.2, 0.25) is 0 Å². The van der Waals surface area contributed by atoms with Crippen LogP contribution in [0.25, 0.3) is 0 Å². The van der Waals surface area contributed by atoms with Gasteiger partial charge in [0.1, 0.15) is 6.10 Å². The van der Waals surface area contributed by atoms with Gasteiger partial charge in [0.15, 0.2) is 6.10 Å². The molecule has 1 heterocycles. The number of cyclic esters (lactones) is 1. The highest BCUT2D eigenvalue weighted by atomic mass is 16.6. The van der Waals surface area contributed by atoms with Gasteiger partial charge in [0.05, 0.1) is 19.1 Å². The molecule has 1 aliphatic rings. The summed E-state index contributed by atoms with van der Waals surface area (Å²) in [5.41, 5.74) is 1.06. The number of ether oxygens (including phenoxy) is 2. The van der Waals surface area contributed by atoms with Gasteiger partial charge in [-0.25, -0.2) is 0 Å². The van der Waals surface area contributed by atoms with Crippen molar-refractivity contribution in [3.8, 4) is 0 Å². The molecule has 1 fully saturated rings. The number of aliphatic hydroxyl groups excluding tert-OH is 1. The summed E-state index contributed by atoms with van der Waals surface area (Å²) in [6.07, 6.45) is -0.695. The van der Waals surface area contributed by atoms with Crippen LogP contribution in [0.2, 0.25) is 0 Å². The van der Waals surface area contributed by atoms with Crippen LogP contribution in [0.5, 0.6) is 0 Å². The standard InChI is InChI=1S/C14H18O4/c1-2-11-13(15)12(18-14(11)16)9-17-8-10-6-4-3-5-7-10/h3-7,11-13,15H,2,8-9H2,1H3. The maximum absolute atomic E-state index is 11.4. The van der Waals surface area contributed by atoms with E-state index >= 15 is 0 Å². The Morgan fingerprint density at radius 2 is 2.06 bits per heavy atom. The van der Waals surface area contributed by atoms with Crippen molar-refractivity contribution < 1.29 is 19.4 Å². The van der Waals surface area contributed by atoms with Crippen molar-refractivity contribution >= 4 is 5.97 Å². The molecule has 98 valence electrons. The summed E-state index contributed by atoms with van der Waals surface area (Å²) >= 11 is 0. The summed E-state index contributed by atoms with van der Waals surface area (Å²) in [6, 6.07) is 9.75. The van der Waals surface area contributed by atoms with Crippen LogP contribution in [0.15, 0.2) is 30.3 Å². The molecule has 1 aliphatic heterocycles. The second kappa shape index (κ2) is 5.98. The molecule has 0 aromatic heterocycles. The van der Waals surface area contributed by atoms with Crippen LogP contribution in [0.3, 0.4) is 0 Å². The lowest BCUT2D eigenvalue weighted by Gasteiger charge is -2.14. The molecular weight excluding hydrogens is 232 g/mol. The molecule has 2 rings (SSSR count). The van der Waals surface area contributed by atoms with Gasteiger partial charge in [-0.3, -0.25) is 4.79 Å². The summed E-state index contributed by atoms with van der Waals surface area (Å²) in [5.74, 6) is -0.728. The van der Waals surface area contributed by atoms with E-state index in [1.54, 1.807) is 0 Å². The summed E-state index contributed by atoms with van der Waals surface area (Å²) in [6.45, 7) is 2.55. The molecule has 0 amide bonds. The van der Waals surface area contributed by atoms with Crippen molar-refractivity contribution in [2.45, 2.75) is 32.2 Å². The molecule has 0 saturated carbocycles. The Kier molecular flexibility index (Phi) is 4.33. The minimum atomic E-state index is -0.752. The average molecular weight is 250 g/mol. The second-order valence-electron chi connectivity index (χ2n) is 4.48. The first-order chi connectivity index (χ1) is 8.72. The van der Waals surface area contributed by atoms with E-state index in [2.05, 4.69) is 0 Å². The van der Waals surface area contributed by atoms with Gasteiger partial charge in [-0.2, -0.15) is 0 Å². The lowest BCUT2D eigenvalue weighted by Crippen LogP contribution is -2.30. The highest BCUT2D eigenvalue weighted by Gasteiger charge is 2.42. The van der Waals surface area contributed by atoms with Crippen molar-refractivity contribution in [1.29, 1.82) is 0 Å². The maximum Gasteiger partial charge on any atom is 0.312 e. The molecular formula is C14H18O4. The fourth-order valence-electron chi connectivity index (χ4n) is 2.11. The highest BCUT2D eigenvalue weighted by molar-refractivity contribution is 5.75. The highest BCUT2D eigenvalue weighted by Crippen LogP contribution is 2.24. The minimum absolute atomic E-state index is 0.234. The number of hydrogen-bond acceptors (Lipinski definition) is 4. The fraction of sp³-hybridized carbons (Fsp3) is 0.500. The van der Waals surface area contributed by atoms with E-state index in [4.69, 9.17) is 9.47 Å². The quantitative estimate of drug-likeness (QED) is 0.805. The van der Waals surface area contributed by atoms with Crippen LogP contribution in [-0.2, 0) is 20.9 Å². The van der Waals surface area contributed by atoms with Crippen LogP contribution in [-0.4, -0.2) is 29.9 Å². The maximum atomic E-state index is 11.4. The lowest BCUT2D eigenvalue weighted by molar-refractivity contribution is -0.146. The molecule has 0 aliphatic carbocycles. The third-order valence-corrected chi connectivity index (χ3v) is 3.20. The van der Waals surface area contributed by atoms with Gasteiger partial charge >= 0.3 is 5.97 Å². The molecule has 1 N–H and O–H groups in total. The summed E-state index contributed by atoms with van der Waals surface area (Å²) in [5, 5.41) is 9.89. The number of carbonyl (C=O) groups excluding carboxylic acids is 1. The van der Waals surface area contributed by atoms with Gasteiger partial charge in [-0.15, -0.1) is 0 Å². The summed E-state index contributed by atoms with van der Waals surface area (Å²) < 4.78 is 10.6. The molecule has 18 heavy (non-hydrogen) atoms. The van der Waals surface area contributed by atoms with E-state index in [9.17, 15) is 9.90 Å². The Labute approximate surface area is 107 Å². The third-order valence-electron chi connectivity index (χ3n) is 3.20. The van der Waals surface area contributed by atoms with Gasteiger partial charge in [0.25, 0.3) is 0 Å². The SMILES string of the molecule is CCC1C(=O)OC(COCc2ccccc2)C1O. The zero-order chi connectivity index (χ0) is 13.0. The number of benzene rings is 1. The van der Waals surface area contributed by atoms with E-state index < -0.39 is 18.1 Å². The van der Waals surface area contributed by atoms with E-state index in [0.717, 1.165) is 5.56 Å². The number of hydrogen-bond donors (Lipinski definition) is 1. The van der Waals surface area contributed by atoms with Crippen molar-refractivity contribution in [1.82, 2.24) is 0 Å². The topological polar surface area (TPSA) is 55.8 Å². The van der Waals surface area contributed by atoms with Gasteiger partial charge in [-0.1, -0.05) is 37.3 Å².